The van der Waals surface area contributed by atoms with Crippen LogP contribution in [-0.4, -0.2) is 37.8 Å². The molecule has 3 rings (SSSR count). The number of hydrogen-bond donors (Lipinski definition) is 1. The summed E-state index contributed by atoms with van der Waals surface area (Å²) in [6.07, 6.45) is 0.894. The summed E-state index contributed by atoms with van der Waals surface area (Å²) in [5, 5.41) is 2.83. The summed E-state index contributed by atoms with van der Waals surface area (Å²) in [4.78, 5) is 26.0. The van der Waals surface area contributed by atoms with Crippen molar-refractivity contribution in [3.8, 4) is 11.5 Å². The van der Waals surface area contributed by atoms with Crippen molar-refractivity contribution in [2.75, 3.05) is 26.6 Å². The largest absolute Gasteiger partial charge is 0.493 e. The van der Waals surface area contributed by atoms with Gasteiger partial charge in [0.2, 0.25) is 5.91 Å². The number of carbonyl (C=O) groups excluding carboxylic acids is 2. The van der Waals surface area contributed by atoms with Crippen LogP contribution < -0.4 is 14.8 Å². The number of anilines is 1. The lowest BCUT2D eigenvalue weighted by Crippen LogP contribution is -2.21. The van der Waals surface area contributed by atoms with E-state index in [0.29, 0.717) is 22.9 Å². The Bertz CT molecular complexity index is 1020. The molecule has 0 atom stereocenters. The van der Waals surface area contributed by atoms with Crippen LogP contribution in [0.4, 0.5) is 5.69 Å². The highest BCUT2D eigenvalue weighted by atomic mass is 32.1. The average molecular weight is 402 g/mol. The third-order valence-electron chi connectivity index (χ3n) is 4.35. The Hall–Kier alpha value is -3.00. The van der Waals surface area contributed by atoms with E-state index in [2.05, 4.69) is 12.2 Å². The minimum Gasteiger partial charge on any atom is -0.493 e. The first-order valence-electron chi connectivity index (χ1n) is 8.72. The Balaban J connectivity index is 1.87. The molecule has 0 fully saturated rings. The van der Waals surface area contributed by atoms with Gasteiger partial charge in [0, 0.05) is 16.6 Å². The molecule has 1 N–H and O–H groups in total. The quantitative estimate of drug-likeness (QED) is 0.610. The van der Waals surface area contributed by atoms with Crippen molar-refractivity contribution in [2.45, 2.75) is 19.9 Å². The molecule has 0 saturated carbocycles. The lowest BCUT2D eigenvalue weighted by molar-refractivity contribution is -0.116. The lowest BCUT2D eigenvalue weighted by Gasteiger charge is -2.12. The summed E-state index contributed by atoms with van der Waals surface area (Å²) in [5.74, 6) is 0.356. The fourth-order valence-corrected chi connectivity index (χ4v) is 4.01. The van der Waals surface area contributed by atoms with Gasteiger partial charge in [-0.3, -0.25) is 4.79 Å². The Kier molecular flexibility index (Phi) is 5.89. The summed E-state index contributed by atoms with van der Waals surface area (Å²) in [6, 6.07) is 8.91. The SMILES string of the molecule is CCc1cc2c(cc(C(=O)OC)n2CC(=O)Nc2ccc(OC)c(OC)c2)s1. The molecule has 0 unspecified atom stereocenters. The molecule has 0 bridgehead atoms. The normalized spacial score (nSPS) is 10.7. The van der Waals surface area contributed by atoms with Crippen LogP contribution in [0.2, 0.25) is 0 Å². The van der Waals surface area contributed by atoms with E-state index in [-0.39, 0.29) is 12.5 Å². The minimum atomic E-state index is -0.472. The van der Waals surface area contributed by atoms with E-state index in [1.54, 1.807) is 47.3 Å². The number of rotatable bonds is 7. The third-order valence-corrected chi connectivity index (χ3v) is 5.57. The van der Waals surface area contributed by atoms with E-state index in [1.807, 2.05) is 6.07 Å². The van der Waals surface area contributed by atoms with E-state index in [1.165, 1.54) is 19.1 Å². The van der Waals surface area contributed by atoms with Crippen LogP contribution in [0.5, 0.6) is 11.5 Å². The van der Waals surface area contributed by atoms with Crippen molar-refractivity contribution in [1.82, 2.24) is 4.57 Å². The van der Waals surface area contributed by atoms with Gasteiger partial charge in [-0.25, -0.2) is 4.79 Å². The molecule has 2 aromatic heterocycles. The van der Waals surface area contributed by atoms with Gasteiger partial charge in [-0.2, -0.15) is 0 Å². The van der Waals surface area contributed by atoms with E-state index in [9.17, 15) is 9.59 Å². The predicted molar refractivity (Wildman–Crippen MR) is 109 cm³/mol. The second-order valence-electron chi connectivity index (χ2n) is 6.04. The first-order valence-corrected chi connectivity index (χ1v) is 9.54. The van der Waals surface area contributed by atoms with Crippen LogP contribution in [0.25, 0.3) is 10.2 Å². The number of benzene rings is 1. The van der Waals surface area contributed by atoms with Gasteiger partial charge in [-0.15, -0.1) is 11.3 Å². The van der Waals surface area contributed by atoms with Crippen LogP contribution >= 0.6 is 11.3 Å². The van der Waals surface area contributed by atoms with Crippen molar-refractivity contribution < 1.29 is 23.8 Å². The molecule has 1 aromatic carbocycles. The van der Waals surface area contributed by atoms with E-state index >= 15 is 0 Å². The Morgan fingerprint density at radius 2 is 1.82 bits per heavy atom. The summed E-state index contributed by atoms with van der Waals surface area (Å²) in [7, 11) is 4.41. The molecule has 1 amide bonds. The Morgan fingerprint density at radius 3 is 2.46 bits per heavy atom. The first-order chi connectivity index (χ1) is 13.5. The van der Waals surface area contributed by atoms with Crippen molar-refractivity contribution in [3.05, 3.63) is 40.9 Å². The van der Waals surface area contributed by atoms with Gasteiger partial charge in [0.1, 0.15) is 12.2 Å². The zero-order chi connectivity index (χ0) is 20.3. The molecule has 0 aliphatic carbocycles. The van der Waals surface area contributed by atoms with Crippen molar-refractivity contribution >= 4 is 39.1 Å². The second-order valence-corrected chi connectivity index (χ2v) is 7.21. The van der Waals surface area contributed by atoms with Crippen LogP contribution in [0.1, 0.15) is 22.3 Å². The molecule has 0 aliphatic rings. The number of esters is 1. The molecule has 3 aromatic rings. The van der Waals surface area contributed by atoms with Crippen molar-refractivity contribution in [2.24, 2.45) is 0 Å². The summed E-state index contributed by atoms with van der Waals surface area (Å²) >= 11 is 1.61. The van der Waals surface area contributed by atoms with Crippen LogP contribution in [-0.2, 0) is 22.5 Å². The number of nitrogens with one attached hydrogen (secondary N) is 1. The number of hydrogen-bond acceptors (Lipinski definition) is 6. The van der Waals surface area contributed by atoms with E-state index in [0.717, 1.165) is 16.6 Å². The number of aryl methyl sites for hydroxylation is 1. The molecule has 0 aliphatic heterocycles. The highest BCUT2D eigenvalue weighted by Crippen LogP contribution is 2.31. The number of aromatic nitrogens is 1. The van der Waals surface area contributed by atoms with E-state index < -0.39 is 5.97 Å². The number of fused-ring (bicyclic) bond motifs is 1. The molecule has 7 nitrogen and oxygen atoms in total. The standard InChI is InChI=1S/C20H22N2O5S/c1-5-13-9-14-18(28-13)10-15(20(24)27-4)22(14)11-19(23)21-12-6-7-16(25-2)17(8-12)26-3/h6-10H,5,11H2,1-4H3,(H,21,23). The zero-order valence-electron chi connectivity index (χ0n) is 16.2. The number of methoxy groups -OCH3 is 3. The lowest BCUT2D eigenvalue weighted by atomic mass is 10.2. The maximum absolute atomic E-state index is 12.7. The molecular formula is C20H22N2O5S. The number of nitrogens with zero attached hydrogens (tertiary/aromatic N) is 1. The molecule has 2 heterocycles. The third kappa shape index (κ3) is 3.82. The molecule has 148 valence electrons. The molecule has 0 spiro atoms. The predicted octanol–water partition coefficient (Wildman–Crippen LogP) is 3.71. The summed E-state index contributed by atoms with van der Waals surface area (Å²) in [5.41, 5.74) is 1.78. The first kappa shape index (κ1) is 19.8. The molecule has 8 heteroatoms. The number of carbonyl (C=O) groups is 2. The average Bonchev–Trinajstić information content (AvgIpc) is 3.25. The highest BCUT2D eigenvalue weighted by Gasteiger charge is 2.20. The second kappa shape index (κ2) is 8.35. The summed E-state index contributed by atoms with van der Waals surface area (Å²) < 4.78 is 18.0. The van der Waals surface area contributed by atoms with Crippen molar-refractivity contribution in [3.63, 3.8) is 0 Å². The molecule has 28 heavy (non-hydrogen) atoms. The van der Waals surface area contributed by atoms with Gasteiger partial charge in [0.25, 0.3) is 0 Å². The van der Waals surface area contributed by atoms with Crippen LogP contribution in [0.15, 0.2) is 30.3 Å². The molecule has 0 radical (unpaired) electrons. The topological polar surface area (TPSA) is 78.8 Å². The van der Waals surface area contributed by atoms with Gasteiger partial charge in [-0.1, -0.05) is 6.92 Å². The number of ether oxygens (including phenoxy) is 3. The van der Waals surface area contributed by atoms with Gasteiger partial charge < -0.3 is 24.1 Å². The van der Waals surface area contributed by atoms with E-state index in [4.69, 9.17) is 14.2 Å². The minimum absolute atomic E-state index is 0.0117. The van der Waals surface area contributed by atoms with Gasteiger partial charge in [-0.05, 0) is 30.7 Å². The smallest absolute Gasteiger partial charge is 0.354 e. The summed E-state index contributed by atoms with van der Waals surface area (Å²) in [6.45, 7) is 2.06. The zero-order valence-corrected chi connectivity index (χ0v) is 17.0. The highest BCUT2D eigenvalue weighted by molar-refractivity contribution is 7.19. The van der Waals surface area contributed by atoms with Crippen LogP contribution in [0, 0.1) is 0 Å². The maximum atomic E-state index is 12.7. The number of amides is 1. The molecular weight excluding hydrogens is 380 g/mol. The van der Waals surface area contributed by atoms with Crippen molar-refractivity contribution in [1.29, 1.82) is 0 Å². The monoisotopic (exact) mass is 402 g/mol. The number of thiophene rings is 1. The maximum Gasteiger partial charge on any atom is 0.354 e. The van der Waals surface area contributed by atoms with Gasteiger partial charge >= 0.3 is 5.97 Å². The van der Waals surface area contributed by atoms with Crippen LogP contribution in [0.3, 0.4) is 0 Å². The van der Waals surface area contributed by atoms with Gasteiger partial charge in [0.05, 0.1) is 31.5 Å². The molecule has 0 saturated heterocycles. The Labute approximate surface area is 166 Å². The Morgan fingerprint density at radius 1 is 1.07 bits per heavy atom. The fourth-order valence-electron chi connectivity index (χ4n) is 2.97. The fraction of sp³-hybridized carbons (Fsp3) is 0.300. The van der Waals surface area contributed by atoms with Gasteiger partial charge in [0.15, 0.2) is 11.5 Å².